The highest BCUT2D eigenvalue weighted by Gasteiger charge is 2.69. The number of ether oxygens (including phenoxy) is 1. The number of carbonyl (C=O) groups excluding carboxylic acids is 4. The first-order valence-electron chi connectivity index (χ1n) is 13.9. The molecule has 1 amide bonds. The second-order valence-electron chi connectivity index (χ2n) is 12.0. The second kappa shape index (κ2) is 9.99. The molecular weight excluding hydrogens is 532 g/mol. The minimum Gasteiger partial charge on any atom is -0.508 e. The smallest absolute Gasteiger partial charge is 0.309 e. The number of benzene rings is 1. The number of aliphatic hydroxyl groups is 3. The van der Waals surface area contributed by atoms with Crippen molar-refractivity contribution in [1.29, 1.82) is 0 Å². The van der Waals surface area contributed by atoms with E-state index < -0.39 is 82.0 Å². The van der Waals surface area contributed by atoms with Crippen molar-refractivity contribution in [3.8, 4) is 5.75 Å². The number of hydrogen-bond donors (Lipinski definition) is 5. The Hall–Kier alpha value is -3.70. The summed E-state index contributed by atoms with van der Waals surface area (Å²) in [5, 5.41) is 45.6. The van der Waals surface area contributed by atoms with Crippen molar-refractivity contribution in [3.05, 3.63) is 45.7 Å². The lowest BCUT2D eigenvalue weighted by atomic mass is 9.54. The van der Waals surface area contributed by atoms with Gasteiger partial charge in [-0.25, -0.2) is 0 Å². The van der Waals surface area contributed by atoms with Crippen LogP contribution in [0.5, 0.6) is 5.75 Å². The van der Waals surface area contributed by atoms with E-state index >= 15 is 0 Å². The average Bonchev–Trinajstić information content (AvgIpc) is 2.91. The maximum absolute atomic E-state index is 14.3. The summed E-state index contributed by atoms with van der Waals surface area (Å²) in [7, 11) is 3.00. The van der Waals surface area contributed by atoms with Gasteiger partial charge in [0, 0.05) is 11.5 Å². The molecule has 11 nitrogen and oxygen atoms in total. The number of aromatic hydroxyl groups is 1. The van der Waals surface area contributed by atoms with Gasteiger partial charge < -0.3 is 30.9 Å². The van der Waals surface area contributed by atoms with Gasteiger partial charge in [0.1, 0.15) is 28.9 Å². The standard InChI is InChI=1S/C30H36N2O9/c1-12-10-11-15(33)18-16(12)13(2)17-19(23(18)34)26(36)30(40)21(25(17)41-29(39)14-8-6-5-7-9-14)22(32(3)4)24(35)20(27(30)37)28(31)38/h10-11,13-14,17,21-22,25,33-34,37,40H,5-9H2,1-4H3,(H2,31,38)/t13-,17-,21-,22+,25+,30+/m1/s1. The summed E-state index contributed by atoms with van der Waals surface area (Å²) in [6.07, 6.45) is 2.45. The molecule has 6 N–H and O–H groups in total. The van der Waals surface area contributed by atoms with Gasteiger partial charge in [-0.1, -0.05) is 32.3 Å². The highest BCUT2D eigenvalue weighted by Crippen LogP contribution is 2.57. The van der Waals surface area contributed by atoms with Crippen molar-refractivity contribution < 1.29 is 44.3 Å². The fourth-order valence-corrected chi connectivity index (χ4v) is 7.60. The van der Waals surface area contributed by atoms with Gasteiger partial charge in [-0.3, -0.25) is 24.1 Å². The Kier molecular flexibility index (Phi) is 7.02. The number of likely N-dealkylation sites (N-methyl/N-ethyl adjacent to an activating group) is 1. The van der Waals surface area contributed by atoms with Crippen LogP contribution in [0.1, 0.15) is 61.6 Å². The number of primary amides is 1. The van der Waals surface area contributed by atoms with Crippen LogP contribution in [0.3, 0.4) is 0 Å². The number of amides is 1. The maximum atomic E-state index is 14.3. The van der Waals surface area contributed by atoms with Gasteiger partial charge >= 0.3 is 5.97 Å². The maximum Gasteiger partial charge on any atom is 0.309 e. The number of carbonyl (C=O) groups is 4. The van der Waals surface area contributed by atoms with Crippen LogP contribution in [0, 0.1) is 24.7 Å². The number of fused-ring (bicyclic) bond motifs is 3. The summed E-state index contributed by atoms with van der Waals surface area (Å²) in [6, 6.07) is 1.63. The zero-order chi connectivity index (χ0) is 30.1. The van der Waals surface area contributed by atoms with Crippen molar-refractivity contribution in [2.24, 2.45) is 23.5 Å². The lowest BCUT2D eigenvalue weighted by Crippen LogP contribution is -2.71. The number of nitrogens with zero attached hydrogens (tertiary/aromatic N) is 1. The summed E-state index contributed by atoms with van der Waals surface area (Å²) < 4.78 is 6.17. The van der Waals surface area contributed by atoms with E-state index in [-0.39, 0.29) is 16.9 Å². The molecule has 0 unspecified atom stereocenters. The van der Waals surface area contributed by atoms with E-state index in [1.165, 1.54) is 25.1 Å². The van der Waals surface area contributed by atoms with Crippen molar-refractivity contribution in [3.63, 3.8) is 0 Å². The molecule has 4 aliphatic rings. The van der Waals surface area contributed by atoms with Crippen LogP contribution >= 0.6 is 0 Å². The predicted octanol–water partition coefficient (Wildman–Crippen LogP) is 1.94. The van der Waals surface area contributed by atoms with E-state index in [0.717, 1.165) is 19.3 Å². The van der Waals surface area contributed by atoms with Crippen LogP contribution < -0.4 is 5.73 Å². The lowest BCUT2D eigenvalue weighted by Gasteiger charge is -2.54. The minimum absolute atomic E-state index is 0.00820. The molecule has 0 saturated heterocycles. The first-order valence-corrected chi connectivity index (χ1v) is 13.9. The number of phenolic OH excluding ortho intramolecular Hbond substituents is 1. The van der Waals surface area contributed by atoms with Gasteiger partial charge in [0.2, 0.25) is 5.78 Å². The molecule has 0 bridgehead atoms. The van der Waals surface area contributed by atoms with E-state index in [1.54, 1.807) is 19.9 Å². The molecular formula is C30H36N2O9. The first kappa shape index (κ1) is 28.8. The van der Waals surface area contributed by atoms with Crippen LogP contribution in [0.25, 0.3) is 5.76 Å². The van der Waals surface area contributed by atoms with Gasteiger partial charge in [0.05, 0.1) is 23.4 Å². The topological polar surface area (TPSA) is 188 Å². The minimum atomic E-state index is -2.94. The number of phenols is 1. The predicted molar refractivity (Wildman–Crippen MR) is 146 cm³/mol. The van der Waals surface area contributed by atoms with Gasteiger partial charge in [-0.15, -0.1) is 0 Å². The highest BCUT2D eigenvalue weighted by atomic mass is 16.5. The SMILES string of the molecule is Cc1ccc(O)c2c1[C@@H](C)[C@@H]1C(=C2O)C(=O)[C@]2(O)C(O)=C(C(N)=O)C(=O)[C@@H](N(C)C)[C@@H]2[C@H]1OC(=O)C1CCCCC1. The molecule has 4 aliphatic carbocycles. The summed E-state index contributed by atoms with van der Waals surface area (Å²) in [4.78, 5) is 55.3. The number of rotatable bonds is 4. The van der Waals surface area contributed by atoms with Crippen LogP contribution in [0.4, 0.5) is 0 Å². The van der Waals surface area contributed by atoms with Crippen molar-refractivity contribution in [1.82, 2.24) is 4.90 Å². The molecule has 6 atom stereocenters. The number of hydrogen-bond acceptors (Lipinski definition) is 10. The zero-order valence-corrected chi connectivity index (χ0v) is 23.5. The Morgan fingerprint density at radius 1 is 1.07 bits per heavy atom. The third-order valence-electron chi connectivity index (χ3n) is 9.49. The third kappa shape index (κ3) is 4.00. The summed E-state index contributed by atoms with van der Waals surface area (Å²) in [5.74, 6) is -9.84. The molecule has 0 heterocycles. The molecule has 0 radical (unpaired) electrons. The number of aryl methyl sites for hydroxylation is 1. The summed E-state index contributed by atoms with van der Waals surface area (Å²) in [6.45, 7) is 3.53. The quantitative estimate of drug-likeness (QED) is 0.265. The monoisotopic (exact) mass is 568 g/mol. The molecule has 2 fully saturated rings. The molecule has 0 aromatic heterocycles. The highest BCUT2D eigenvalue weighted by molar-refractivity contribution is 6.24. The largest absolute Gasteiger partial charge is 0.508 e. The second-order valence-corrected chi connectivity index (χ2v) is 12.0. The van der Waals surface area contributed by atoms with Crippen molar-refractivity contribution >= 4 is 29.2 Å². The normalized spacial score (nSPS) is 32.0. The van der Waals surface area contributed by atoms with E-state index in [1.807, 2.05) is 0 Å². The van der Waals surface area contributed by atoms with Crippen molar-refractivity contribution in [2.75, 3.05) is 14.1 Å². The Labute approximate surface area is 237 Å². The lowest BCUT2D eigenvalue weighted by molar-refractivity contribution is -0.188. The molecule has 0 aliphatic heterocycles. The number of esters is 1. The Morgan fingerprint density at radius 3 is 2.29 bits per heavy atom. The van der Waals surface area contributed by atoms with Crippen molar-refractivity contribution in [2.45, 2.75) is 69.6 Å². The Morgan fingerprint density at radius 2 is 1.71 bits per heavy atom. The summed E-state index contributed by atoms with van der Waals surface area (Å²) in [5.41, 5.74) is 2.40. The first-order chi connectivity index (χ1) is 19.2. The molecule has 2 saturated carbocycles. The van der Waals surface area contributed by atoms with Gasteiger partial charge in [0.25, 0.3) is 5.91 Å². The number of Topliss-reactive ketones (excluding diaryl/α,β-unsaturated/α-hetero) is 2. The molecule has 0 spiro atoms. The van der Waals surface area contributed by atoms with Gasteiger partial charge in [-0.2, -0.15) is 0 Å². The molecule has 11 heteroatoms. The molecule has 5 rings (SSSR count). The van der Waals surface area contributed by atoms with Crippen LogP contribution in [0.2, 0.25) is 0 Å². The van der Waals surface area contributed by atoms with Gasteiger partial charge in [-0.05, 0) is 57.0 Å². The average molecular weight is 569 g/mol. The fraction of sp³-hybridized carbons (Fsp3) is 0.533. The van der Waals surface area contributed by atoms with Crippen LogP contribution in [-0.4, -0.2) is 80.6 Å². The molecule has 41 heavy (non-hydrogen) atoms. The fourth-order valence-electron chi connectivity index (χ4n) is 7.60. The zero-order valence-electron chi connectivity index (χ0n) is 23.5. The van der Waals surface area contributed by atoms with Gasteiger partial charge in [0.15, 0.2) is 11.4 Å². The third-order valence-corrected chi connectivity index (χ3v) is 9.49. The van der Waals surface area contributed by atoms with E-state index in [2.05, 4.69) is 0 Å². The van der Waals surface area contributed by atoms with E-state index in [9.17, 15) is 39.6 Å². The Balaban J connectivity index is 1.81. The molecule has 1 aromatic carbocycles. The summed E-state index contributed by atoms with van der Waals surface area (Å²) >= 11 is 0. The van der Waals surface area contributed by atoms with E-state index in [4.69, 9.17) is 10.5 Å². The number of ketones is 2. The molecule has 220 valence electrons. The van der Waals surface area contributed by atoms with Crippen LogP contribution in [0.15, 0.2) is 29.0 Å². The molecule has 1 aromatic rings. The van der Waals surface area contributed by atoms with E-state index in [0.29, 0.717) is 24.0 Å². The number of nitrogens with two attached hydrogens (primary N) is 1. The Bertz CT molecular complexity index is 1420. The number of aliphatic hydroxyl groups excluding tert-OH is 2. The van der Waals surface area contributed by atoms with Crippen LogP contribution in [-0.2, 0) is 23.9 Å².